The second-order valence-corrected chi connectivity index (χ2v) is 7.39. The van der Waals surface area contributed by atoms with Crippen LogP contribution in [-0.4, -0.2) is 73.5 Å². The molecule has 0 aromatic rings. The van der Waals surface area contributed by atoms with E-state index in [1.807, 2.05) is 0 Å². The van der Waals surface area contributed by atoms with Gasteiger partial charge in [0.1, 0.15) is 0 Å². The largest absolute Gasteiger partial charge is 0.381 e. The summed E-state index contributed by atoms with van der Waals surface area (Å²) in [7, 11) is 0. The van der Waals surface area contributed by atoms with E-state index in [1.165, 1.54) is 85.9 Å². The Morgan fingerprint density at radius 1 is 0.450 bits per heavy atom. The molecule has 0 amide bonds. The number of hydrogen-bond acceptors (Lipinski definition) is 1. The Hall–Kier alpha value is 3.06. The molecule has 1 nitrogen and oxygen atoms in total. The Morgan fingerprint density at radius 3 is 1.10 bits per heavy atom. The normalized spacial score (nSPS) is 10.5. The number of alkyl halides is 2. The van der Waals surface area contributed by atoms with Crippen molar-refractivity contribution in [2.24, 2.45) is 0 Å². The molecular weight excluding hydrogens is 501 g/mol. The summed E-state index contributed by atoms with van der Waals surface area (Å²) in [6.07, 6.45) is 16.5. The molecule has 0 atom stereocenters. The van der Waals surface area contributed by atoms with Crippen molar-refractivity contribution in [1.82, 2.24) is 0 Å². The minimum Gasteiger partial charge on any atom is -0.381 e. The van der Waals surface area contributed by atoms with Gasteiger partial charge in [-0.2, -0.15) is 0 Å². The Labute approximate surface area is 197 Å². The Kier molecular flexibility index (Phi) is 30.8. The van der Waals surface area contributed by atoms with Gasteiger partial charge in [0, 0.05) is 64.6 Å². The summed E-state index contributed by atoms with van der Waals surface area (Å²) in [5, 5.41) is 0. The first-order chi connectivity index (χ1) is 9.41. The smallest absolute Gasteiger partial charge is 0.0466 e. The van der Waals surface area contributed by atoms with Crippen molar-refractivity contribution in [2.75, 3.05) is 22.1 Å². The average molecular weight is 533 g/mol. The van der Waals surface area contributed by atoms with Crippen LogP contribution in [0.2, 0.25) is 0 Å². The van der Waals surface area contributed by atoms with E-state index >= 15 is 0 Å². The number of halogens is 2. The van der Waals surface area contributed by atoms with Gasteiger partial charge in [-0.05, 0) is 34.5 Å². The maximum absolute atomic E-state index is 5.69. The third kappa shape index (κ3) is 23.3. The van der Waals surface area contributed by atoms with Crippen molar-refractivity contribution in [3.63, 3.8) is 0 Å². The van der Waals surface area contributed by atoms with Crippen LogP contribution in [-0.2, 0) is 4.74 Å². The van der Waals surface area contributed by atoms with Crippen molar-refractivity contribution in [1.29, 1.82) is 0 Å². The molecule has 1 radical (unpaired) electrons. The van der Waals surface area contributed by atoms with E-state index in [0.717, 1.165) is 13.2 Å². The molecule has 0 rings (SSSR count). The molecule has 0 bridgehead atoms. The minimum absolute atomic E-state index is 0. The first kappa shape index (κ1) is 25.3. The van der Waals surface area contributed by atoms with Gasteiger partial charge in [-0.15, -0.1) is 0 Å². The van der Waals surface area contributed by atoms with Crippen LogP contribution < -0.4 is 0 Å². The monoisotopic (exact) mass is 533 g/mol. The van der Waals surface area contributed by atoms with Crippen LogP contribution in [0.1, 0.15) is 77.0 Å². The van der Waals surface area contributed by atoms with Gasteiger partial charge in [0.15, 0.2) is 0 Å². The van der Waals surface area contributed by atoms with Crippen LogP contribution >= 0.6 is 45.2 Å². The molecule has 0 unspecified atom stereocenters. The van der Waals surface area contributed by atoms with Crippen LogP contribution in [0, 0.1) is 0 Å². The van der Waals surface area contributed by atoms with Gasteiger partial charge in [-0.3, -0.25) is 0 Å². The summed E-state index contributed by atoms with van der Waals surface area (Å²) < 4.78 is 8.32. The van der Waals surface area contributed by atoms with E-state index in [9.17, 15) is 0 Å². The van der Waals surface area contributed by atoms with Crippen LogP contribution in [0.5, 0.6) is 0 Å². The quantitative estimate of drug-likeness (QED) is 0.0998. The molecule has 117 valence electrons. The number of unbranched alkanes of at least 4 members (excludes halogenated alkanes) is 10. The van der Waals surface area contributed by atoms with Crippen LogP contribution in [0.3, 0.4) is 0 Å². The van der Waals surface area contributed by atoms with E-state index < -0.39 is 0 Å². The van der Waals surface area contributed by atoms with Crippen molar-refractivity contribution in [3.05, 3.63) is 0 Å². The van der Waals surface area contributed by atoms with E-state index in [4.69, 9.17) is 4.74 Å². The Morgan fingerprint density at radius 2 is 0.750 bits per heavy atom. The molecule has 0 spiro atoms. The van der Waals surface area contributed by atoms with Crippen LogP contribution in [0.15, 0.2) is 0 Å². The second-order valence-electron chi connectivity index (χ2n) is 5.23. The number of rotatable bonds is 16. The summed E-state index contributed by atoms with van der Waals surface area (Å²) in [4.78, 5) is 0. The van der Waals surface area contributed by atoms with Gasteiger partial charge in [0.2, 0.25) is 0 Å². The summed E-state index contributed by atoms with van der Waals surface area (Å²) in [5.74, 6) is 0. The maximum Gasteiger partial charge on any atom is 0.0466 e. The fourth-order valence-electron chi connectivity index (χ4n) is 2.11. The molecular formula is C16H32I2KO. The summed E-state index contributed by atoms with van der Waals surface area (Å²) in [6.45, 7) is 1.97. The van der Waals surface area contributed by atoms with Gasteiger partial charge < -0.3 is 4.74 Å². The van der Waals surface area contributed by atoms with E-state index in [2.05, 4.69) is 45.2 Å². The SMILES string of the molecule is ICCCCCCCCOCCCCCCCCI.[K]. The van der Waals surface area contributed by atoms with Gasteiger partial charge in [-0.25, -0.2) is 0 Å². The predicted molar refractivity (Wildman–Crippen MR) is 110 cm³/mol. The molecule has 0 heterocycles. The first-order valence-electron chi connectivity index (χ1n) is 8.11. The molecule has 0 aliphatic rings. The van der Waals surface area contributed by atoms with Gasteiger partial charge in [-0.1, -0.05) is 96.5 Å². The van der Waals surface area contributed by atoms with Crippen molar-refractivity contribution in [2.45, 2.75) is 77.0 Å². The van der Waals surface area contributed by atoms with Crippen molar-refractivity contribution in [3.8, 4) is 0 Å². The molecule has 0 N–H and O–H groups in total. The zero-order chi connectivity index (χ0) is 14.0. The molecule has 0 saturated carbocycles. The van der Waals surface area contributed by atoms with Gasteiger partial charge >= 0.3 is 0 Å². The fraction of sp³-hybridized carbons (Fsp3) is 1.00. The zero-order valence-corrected chi connectivity index (χ0v) is 20.9. The molecule has 4 heteroatoms. The standard InChI is InChI=1S/C16H32I2O.K/c17-13-9-5-1-3-7-11-15-19-16-12-8-4-2-6-10-14-18;/h1-16H2;. The number of ether oxygens (including phenoxy) is 1. The molecule has 0 saturated heterocycles. The minimum atomic E-state index is 0. The molecule has 0 aromatic carbocycles. The third-order valence-corrected chi connectivity index (χ3v) is 4.87. The Balaban J connectivity index is 0. The second kappa shape index (κ2) is 24.3. The summed E-state index contributed by atoms with van der Waals surface area (Å²) in [6, 6.07) is 0. The molecule has 0 aromatic heterocycles. The zero-order valence-electron chi connectivity index (χ0n) is 13.5. The fourth-order valence-corrected chi connectivity index (χ4v) is 3.19. The number of hydrogen-bond donors (Lipinski definition) is 0. The average Bonchev–Trinajstić information content (AvgIpc) is 2.43. The van der Waals surface area contributed by atoms with E-state index in [1.54, 1.807) is 0 Å². The molecule has 20 heavy (non-hydrogen) atoms. The molecule has 0 fully saturated rings. The van der Waals surface area contributed by atoms with E-state index in [0.29, 0.717) is 0 Å². The van der Waals surface area contributed by atoms with Crippen LogP contribution in [0.25, 0.3) is 0 Å². The molecule has 0 aliphatic carbocycles. The van der Waals surface area contributed by atoms with Crippen molar-refractivity contribution < 1.29 is 4.74 Å². The third-order valence-electron chi connectivity index (χ3n) is 3.34. The topological polar surface area (TPSA) is 9.23 Å². The van der Waals surface area contributed by atoms with Crippen molar-refractivity contribution >= 4 is 96.6 Å². The Bertz CT molecular complexity index is 143. The summed E-state index contributed by atoms with van der Waals surface area (Å²) >= 11 is 4.93. The van der Waals surface area contributed by atoms with E-state index in [-0.39, 0.29) is 51.4 Å². The van der Waals surface area contributed by atoms with Gasteiger partial charge in [0.25, 0.3) is 0 Å². The summed E-state index contributed by atoms with van der Waals surface area (Å²) in [5.41, 5.74) is 0. The predicted octanol–water partition coefficient (Wildman–Crippen LogP) is 6.17. The molecule has 0 aliphatic heterocycles. The first-order valence-corrected chi connectivity index (χ1v) is 11.2. The maximum atomic E-state index is 5.69. The van der Waals surface area contributed by atoms with Gasteiger partial charge in [0.05, 0.1) is 0 Å². The van der Waals surface area contributed by atoms with Crippen LogP contribution in [0.4, 0.5) is 0 Å².